The van der Waals surface area contributed by atoms with Crippen molar-refractivity contribution in [2.45, 2.75) is 135 Å². The van der Waals surface area contributed by atoms with Crippen LogP contribution in [0.5, 0.6) is 0 Å². The predicted octanol–water partition coefficient (Wildman–Crippen LogP) is 4.73. The van der Waals surface area contributed by atoms with E-state index < -0.39 is 0 Å². The number of carbonyl (C=O) groups is 1. The van der Waals surface area contributed by atoms with Crippen LogP contribution < -0.4 is 24.0 Å². The van der Waals surface area contributed by atoms with E-state index in [-0.39, 0.29) is 24.0 Å². The number of halogens is 1. The van der Waals surface area contributed by atoms with Gasteiger partial charge in [-0.25, -0.2) is 0 Å². The molecule has 4 heteroatoms. The minimum atomic E-state index is 0. The molecule has 0 aromatic rings. The number of piperazine rings is 1. The molecule has 192 valence electrons. The molecule has 0 spiro atoms. The molecule has 1 rings (SSSR count). The minimum absolute atomic E-state index is 0. The molecule has 0 N–H and O–H groups in total. The minimum Gasteiger partial charge on any atom is -1.00 e. The van der Waals surface area contributed by atoms with Gasteiger partial charge in [0.15, 0.2) is 0 Å². The van der Waals surface area contributed by atoms with Gasteiger partial charge in [0.05, 0.1) is 40.3 Å². The molecule has 0 unspecified atom stereocenters. The van der Waals surface area contributed by atoms with Gasteiger partial charge >= 0.3 is 0 Å². The zero-order valence-electron chi connectivity index (χ0n) is 22.2. The number of nitrogens with zero attached hydrogens (tertiary/aromatic N) is 2. The average Bonchev–Trinajstić information content (AvgIpc) is 2.75. The summed E-state index contributed by atoms with van der Waals surface area (Å²) in [6.45, 7) is 6.40. The van der Waals surface area contributed by atoms with Crippen LogP contribution in [-0.4, -0.2) is 55.6 Å². The van der Waals surface area contributed by atoms with Gasteiger partial charge in [-0.1, -0.05) is 122 Å². The van der Waals surface area contributed by atoms with Crippen molar-refractivity contribution in [1.82, 2.24) is 4.90 Å². The van der Waals surface area contributed by atoms with Gasteiger partial charge < -0.3 is 33.4 Å². The van der Waals surface area contributed by atoms with E-state index in [0.717, 1.165) is 43.5 Å². The number of hydrogen-bond acceptors (Lipinski definition) is 1. The molecular formula is C28H57IN2O. The summed E-state index contributed by atoms with van der Waals surface area (Å²) in [4.78, 5) is 14.4. The van der Waals surface area contributed by atoms with Crippen LogP contribution in [0.1, 0.15) is 135 Å². The molecule has 0 bridgehead atoms. The van der Waals surface area contributed by atoms with Crippen LogP contribution in [0.4, 0.5) is 0 Å². The third-order valence-corrected chi connectivity index (χ3v) is 7.30. The van der Waals surface area contributed by atoms with Crippen LogP contribution in [-0.2, 0) is 4.79 Å². The van der Waals surface area contributed by atoms with Crippen LogP contribution >= 0.6 is 0 Å². The molecule has 1 aliphatic rings. The van der Waals surface area contributed by atoms with E-state index in [1.54, 1.807) is 0 Å². The standard InChI is InChI=1S/C28H57N2O.HI/c1-4-5-6-7-8-9-10-11-12-13-14-15-16-17-18-19-20-21-22-23-28(31)29-24-26-30(2,3)27-25-29;/h4-27H2,1-3H3;1H/q+1;/p-1. The van der Waals surface area contributed by atoms with E-state index in [1.807, 2.05) is 0 Å². The fourth-order valence-electron chi connectivity index (χ4n) is 4.77. The van der Waals surface area contributed by atoms with Gasteiger partial charge in [0.1, 0.15) is 0 Å². The second kappa shape index (κ2) is 21.7. The van der Waals surface area contributed by atoms with E-state index in [2.05, 4.69) is 25.9 Å². The Kier molecular flexibility index (Phi) is 21.8. The average molecular weight is 565 g/mol. The number of hydrogen-bond donors (Lipinski definition) is 0. The lowest BCUT2D eigenvalue weighted by atomic mass is 10.0. The van der Waals surface area contributed by atoms with Crippen molar-refractivity contribution < 1.29 is 33.3 Å². The lowest BCUT2D eigenvalue weighted by Gasteiger charge is -2.39. The predicted molar refractivity (Wildman–Crippen MR) is 136 cm³/mol. The number of rotatable bonds is 20. The molecule has 1 amide bonds. The van der Waals surface area contributed by atoms with Crippen molar-refractivity contribution in [2.24, 2.45) is 0 Å². The topological polar surface area (TPSA) is 20.3 Å². The van der Waals surface area contributed by atoms with E-state index in [0.29, 0.717) is 5.91 Å². The normalized spacial score (nSPS) is 15.5. The molecule has 0 atom stereocenters. The SMILES string of the molecule is CCCCCCCCCCCCCCCCCCCCCC(=O)N1CC[N+](C)(C)CC1.[I-]. The van der Waals surface area contributed by atoms with E-state index in [4.69, 9.17) is 0 Å². The first kappa shape index (κ1) is 32.2. The van der Waals surface area contributed by atoms with Crippen LogP contribution in [0.3, 0.4) is 0 Å². The van der Waals surface area contributed by atoms with Gasteiger partial charge in [0.25, 0.3) is 0 Å². The molecular weight excluding hydrogens is 507 g/mol. The third kappa shape index (κ3) is 18.6. The maximum Gasteiger partial charge on any atom is 0.222 e. The Balaban J connectivity index is 0.00000961. The Bertz CT molecular complexity index is 418. The lowest BCUT2D eigenvalue weighted by Crippen LogP contribution is -3.00. The molecule has 3 nitrogen and oxygen atoms in total. The summed E-state index contributed by atoms with van der Waals surface area (Å²) in [7, 11) is 4.53. The summed E-state index contributed by atoms with van der Waals surface area (Å²) in [5.41, 5.74) is 0. The maximum atomic E-state index is 12.3. The second-order valence-electron chi connectivity index (χ2n) is 10.9. The summed E-state index contributed by atoms with van der Waals surface area (Å²) in [5, 5.41) is 0. The van der Waals surface area contributed by atoms with Gasteiger partial charge in [-0.3, -0.25) is 4.79 Å². The zero-order chi connectivity index (χ0) is 22.6. The highest BCUT2D eigenvalue weighted by Gasteiger charge is 2.26. The summed E-state index contributed by atoms with van der Waals surface area (Å²) >= 11 is 0. The molecule has 1 aliphatic heterocycles. The Morgan fingerprint density at radius 1 is 0.594 bits per heavy atom. The molecule has 0 aliphatic carbocycles. The Morgan fingerprint density at radius 2 is 0.906 bits per heavy atom. The largest absolute Gasteiger partial charge is 1.00 e. The molecule has 1 fully saturated rings. The highest BCUT2D eigenvalue weighted by Crippen LogP contribution is 2.15. The van der Waals surface area contributed by atoms with Gasteiger partial charge in [-0.2, -0.15) is 0 Å². The first-order chi connectivity index (χ1) is 15.0. The zero-order valence-corrected chi connectivity index (χ0v) is 24.3. The van der Waals surface area contributed by atoms with Crippen molar-refractivity contribution in [1.29, 1.82) is 0 Å². The number of carbonyl (C=O) groups excluding carboxylic acids is 1. The van der Waals surface area contributed by atoms with Crippen molar-refractivity contribution in [3.05, 3.63) is 0 Å². The molecule has 0 aromatic carbocycles. The quantitative estimate of drug-likeness (QED) is 0.119. The molecule has 0 radical (unpaired) electrons. The van der Waals surface area contributed by atoms with Crippen molar-refractivity contribution in [3.8, 4) is 0 Å². The molecule has 0 saturated carbocycles. The Morgan fingerprint density at radius 3 is 1.25 bits per heavy atom. The van der Waals surface area contributed by atoms with E-state index >= 15 is 0 Å². The highest BCUT2D eigenvalue weighted by molar-refractivity contribution is 5.76. The van der Waals surface area contributed by atoms with Gasteiger partial charge in [-0.05, 0) is 6.42 Å². The monoisotopic (exact) mass is 564 g/mol. The van der Waals surface area contributed by atoms with E-state index in [9.17, 15) is 4.79 Å². The molecule has 1 heterocycles. The second-order valence-corrected chi connectivity index (χ2v) is 10.9. The summed E-state index contributed by atoms with van der Waals surface area (Å²) in [5.74, 6) is 0.395. The fraction of sp³-hybridized carbons (Fsp3) is 0.964. The Hall–Kier alpha value is 0.160. The van der Waals surface area contributed by atoms with Crippen molar-refractivity contribution >= 4 is 5.91 Å². The molecule has 32 heavy (non-hydrogen) atoms. The van der Waals surface area contributed by atoms with Crippen LogP contribution in [0.2, 0.25) is 0 Å². The van der Waals surface area contributed by atoms with Crippen LogP contribution in [0.15, 0.2) is 0 Å². The van der Waals surface area contributed by atoms with Gasteiger partial charge in [-0.15, -0.1) is 0 Å². The lowest BCUT2D eigenvalue weighted by molar-refractivity contribution is -0.894. The van der Waals surface area contributed by atoms with Gasteiger partial charge in [0, 0.05) is 6.42 Å². The molecule has 0 aromatic heterocycles. The van der Waals surface area contributed by atoms with Crippen molar-refractivity contribution in [2.75, 3.05) is 40.3 Å². The van der Waals surface area contributed by atoms with Crippen LogP contribution in [0, 0.1) is 0 Å². The highest BCUT2D eigenvalue weighted by atomic mass is 127. The van der Waals surface area contributed by atoms with Crippen LogP contribution in [0.25, 0.3) is 0 Å². The summed E-state index contributed by atoms with van der Waals surface area (Å²) in [6, 6.07) is 0. The third-order valence-electron chi connectivity index (χ3n) is 7.30. The number of quaternary nitrogens is 1. The van der Waals surface area contributed by atoms with Crippen molar-refractivity contribution in [3.63, 3.8) is 0 Å². The maximum absolute atomic E-state index is 12.3. The smallest absolute Gasteiger partial charge is 0.222 e. The van der Waals surface area contributed by atoms with E-state index in [1.165, 1.54) is 116 Å². The first-order valence-corrected chi connectivity index (χ1v) is 14.1. The summed E-state index contributed by atoms with van der Waals surface area (Å²) in [6.07, 6.45) is 27.4. The number of unbranched alkanes of at least 4 members (excludes halogenated alkanes) is 18. The molecule has 1 saturated heterocycles. The first-order valence-electron chi connectivity index (χ1n) is 14.1. The summed E-state index contributed by atoms with van der Waals surface area (Å²) < 4.78 is 1.06. The fourth-order valence-corrected chi connectivity index (χ4v) is 4.77. The Labute approximate surface area is 219 Å². The van der Waals surface area contributed by atoms with Gasteiger partial charge in [0.2, 0.25) is 5.91 Å². The number of amides is 1. The number of likely N-dealkylation sites (N-methyl/N-ethyl adjacent to an activating group) is 1.